The molecule has 0 saturated carbocycles. The minimum atomic E-state index is -0.822. The van der Waals surface area contributed by atoms with Gasteiger partial charge in [0.05, 0.1) is 6.10 Å². The first-order chi connectivity index (χ1) is 8.88. The fraction of sp³-hybridized carbons (Fsp3) is 0.600. The van der Waals surface area contributed by atoms with Crippen LogP contribution in [0, 0.1) is 17.0 Å². The summed E-state index contributed by atoms with van der Waals surface area (Å²) in [6.45, 7) is 7.79. The van der Waals surface area contributed by atoms with Crippen LogP contribution < -0.4 is 5.32 Å². The van der Waals surface area contributed by atoms with Crippen LogP contribution in [0.4, 0.5) is 8.78 Å². The van der Waals surface area contributed by atoms with Gasteiger partial charge in [-0.25, -0.2) is 8.78 Å². The van der Waals surface area contributed by atoms with Gasteiger partial charge in [0.15, 0.2) is 11.6 Å². The van der Waals surface area contributed by atoms with Gasteiger partial charge in [-0.3, -0.25) is 0 Å². The molecule has 0 aromatic heterocycles. The number of hydrogen-bond donors (Lipinski definition) is 1. The molecule has 1 aromatic carbocycles. The Kier molecular flexibility index (Phi) is 4.21. The maximum absolute atomic E-state index is 13.3. The Hall–Kier alpha value is -1.00. The zero-order chi connectivity index (χ0) is 14.0. The van der Waals surface area contributed by atoms with Crippen LogP contribution in [0.1, 0.15) is 38.9 Å². The second-order valence-corrected chi connectivity index (χ2v) is 6.15. The van der Waals surface area contributed by atoms with Crippen molar-refractivity contribution in [2.24, 2.45) is 5.41 Å². The summed E-state index contributed by atoms with van der Waals surface area (Å²) in [5.74, 6) is -1.64. The van der Waals surface area contributed by atoms with Crippen molar-refractivity contribution in [3.63, 3.8) is 0 Å². The molecule has 2 rings (SSSR count). The van der Waals surface area contributed by atoms with E-state index in [0.717, 1.165) is 12.5 Å². The van der Waals surface area contributed by atoms with Crippen LogP contribution in [-0.4, -0.2) is 19.2 Å². The predicted octanol–water partition coefficient (Wildman–Crippen LogP) is 3.43. The smallest absolute Gasteiger partial charge is 0.159 e. The lowest BCUT2D eigenvalue weighted by Crippen LogP contribution is -2.40. The van der Waals surface area contributed by atoms with E-state index in [1.165, 1.54) is 6.07 Å². The molecule has 0 spiro atoms. The molecule has 19 heavy (non-hydrogen) atoms. The van der Waals surface area contributed by atoms with Gasteiger partial charge in [0, 0.05) is 19.2 Å². The number of nitrogens with one attached hydrogen (secondary N) is 1. The van der Waals surface area contributed by atoms with Gasteiger partial charge in [-0.15, -0.1) is 0 Å². The number of halogens is 2. The molecule has 4 heteroatoms. The van der Waals surface area contributed by atoms with Crippen molar-refractivity contribution in [3.8, 4) is 0 Å². The largest absolute Gasteiger partial charge is 0.372 e. The fourth-order valence-electron chi connectivity index (χ4n) is 2.40. The van der Waals surface area contributed by atoms with Crippen molar-refractivity contribution >= 4 is 0 Å². The van der Waals surface area contributed by atoms with Gasteiger partial charge >= 0.3 is 0 Å². The fourth-order valence-corrected chi connectivity index (χ4v) is 2.40. The van der Waals surface area contributed by atoms with Crippen molar-refractivity contribution < 1.29 is 13.5 Å². The first-order valence-electron chi connectivity index (χ1n) is 6.68. The summed E-state index contributed by atoms with van der Waals surface area (Å²) in [6, 6.07) is 4.32. The summed E-state index contributed by atoms with van der Waals surface area (Å²) in [6.07, 6.45) is 0.700. The van der Waals surface area contributed by atoms with Crippen molar-refractivity contribution in [2.45, 2.75) is 39.3 Å². The molecule has 2 unspecified atom stereocenters. The van der Waals surface area contributed by atoms with Gasteiger partial charge in [-0.2, -0.15) is 0 Å². The maximum Gasteiger partial charge on any atom is 0.159 e. The van der Waals surface area contributed by atoms with Crippen LogP contribution in [0.3, 0.4) is 0 Å². The first-order valence-corrected chi connectivity index (χ1v) is 6.68. The van der Waals surface area contributed by atoms with Crippen LogP contribution in [0.2, 0.25) is 0 Å². The second kappa shape index (κ2) is 5.55. The van der Waals surface area contributed by atoms with E-state index in [0.29, 0.717) is 24.8 Å². The van der Waals surface area contributed by atoms with Gasteiger partial charge in [-0.1, -0.05) is 26.8 Å². The minimum absolute atomic E-state index is 0.159. The quantitative estimate of drug-likeness (QED) is 0.843. The molecule has 2 nitrogen and oxygen atoms in total. The van der Waals surface area contributed by atoms with E-state index in [-0.39, 0.29) is 11.5 Å². The Morgan fingerprint density at radius 3 is 2.58 bits per heavy atom. The zero-order valence-electron chi connectivity index (χ0n) is 11.7. The van der Waals surface area contributed by atoms with Crippen LogP contribution >= 0.6 is 0 Å². The van der Waals surface area contributed by atoms with Gasteiger partial charge in [0.2, 0.25) is 0 Å². The van der Waals surface area contributed by atoms with E-state index >= 15 is 0 Å². The highest BCUT2D eigenvalue weighted by Crippen LogP contribution is 2.27. The summed E-state index contributed by atoms with van der Waals surface area (Å²) in [5.41, 5.74) is 0.840. The third-order valence-corrected chi connectivity index (χ3v) is 3.64. The average molecular weight is 269 g/mol. The Morgan fingerprint density at radius 2 is 1.95 bits per heavy atom. The van der Waals surface area contributed by atoms with Crippen molar-refractivity contribution in [3.05, 3.63) is 35.4 Å². The first kappa shape index (κ1) is 14.4. The molecule has 0 amide bonds. The summed E-state index contributed by atoms with van der Waals surface area (Å²) in [5, 5.41) is 3.46. The molecule has 0 bridgehead atoms. The summed E-state index contributed by atoms with van der Waals surface area (Å²) >= 11 is 0. The minimum Gasteiger partial charge on any atom is -0.372 e. The van der Waals surface area contributed by atoms with Crippen molar-refractivity contribution in [1.29, 1.82) is 0 Å². The molecule has 0 aliphatic carbocycles. The normalized spacial score (nSPS) is 25.1. The molecule has 1 aliphatic heterocycles. The third kappa shape index (κ3) is 3.51. The molecule has 106 valence electrons. The van der Waals surface area contributed by atoms with Crippen molar-refractivity contribution in [2.75, 3.05) is 13.2 Å². The maximum atomic E-state index is 13.3. The summed E-state index contributed by atoms with van der Waals surface area (Å²) in [7, 11) is 0. The molecule has 1 heterocycles. The van der Waals surface area contributed by atoms with E-state index in [1.807, 2.05) is 0 Å². The van der Waals surface area contributed by atoms with Gasteiger partial charge in [-0.05, 0) is 29.5 Å². The van der Waals surface area contributed by atoms with E-state index in [9.17, 15) is 8.78 Å². The summed E-state index contributed by atoms with van der Waals surface area (Å²) < 4.78 is 31.9. The molecular weight excluding hydrogens is 248 g/mol. The van der Waals surface area contributed by atoms with Crippen LogP contribution in [0.25, 0.3) is 0 Å². The Bertz CT molecular complexity index is 442. The lowest BCUT2D eigenvalue weighted by atomic mass is 9.85. The average Bonchev–Trinajstić information content (AvgIpc) is 2.57. The molecule has 0 radical (unpaired) electrons. The Balaban J connectivity index is 2.08. The van der Waals surface area contributed by atoms with Gasteiger partial charge < -0.3 is 10.1 Å². The summed E-state index contributed by atoms with van der Waals surface area (Å²) in [4.78, 5) is 0. The monoisotopic (exact) mass is 269 g/mol. The Labute approximate surface area is 113 Å². The van der Waals surface area contributed by atoms with E-state index in [2.05, 4.69) is 26.1 Å². The van der Waals surface area contributed by atoms with Crippen molar-refractivity contribution in [1.82, 2.24) is 5.32 Å². The SMILES string of the molecule is CC(C)(C)C1CCOC(c2ccc(F)c(F)c2)CN1. The molecule has 1 saturated heterocycles. The van der Waals surface area contributed by atoms with E-state index in [1.54, 1.807) is 6.07 Å². The highest BCUT2D eigenvalue weighted by atomic mass is 19.2. The van der Waals surface area contributed by atoms with Gasteiger partial charge in [0.25, 0.3) is 0 Å². The predicted molar refractivity (Wildman–Crippen MR) is 70.9 cm³/mol. The Morgan fingerprint density at radius 1 is 1.21 bits per heavy atom. The topological polar surface area (TPSA) is 21.3 Å². The molecule has 2 atom stereocenters. The highest BCUT2D eigenvalue weighted by molar-refractivity contribution is 5.20. The number of hydrogen-bond acceptors (Lipinski definition) is 2. The number of benzene rings is 1. The molecular formula is C15H21F2NO. The standard InChI is InChI=1S/C15H21F2NO/c1-15(2,3)14-6-7-19-13(9-18-14)10-4-5-11(16)12(17)8-10/h4-5,8,13-14,18H,6-7,9H2,1-3H3. The molecule has 1 fully saturated rings. The lowest BCUT2D eigenvalue weighted by Gasteiger charge is -2.30. The second-order valence-electron chi connectivity index (χ2n) is 6.15. The van der Waals surface area contributed by atoms with Crippen LogP contribution in [-0.2, 0) is 4.74 Å². The van der Waals surface area contributed by atoms with Crippen LogP contribution in [0.15, 0.2) is 18.2 Å². The number of ether oxygens (including phenoxy) is 1. The highest BCUT2D eigenvalue weighted by Gasteiger charge is 2.28. The molecule has 1 aliphatic rings. The van der Waals surface area contributed by atoms with E-state index < -0.39 is 11.6 Å². The van der Waals surface area contributed by atoms with Crippen LogP contribution in [0.5, 0.6) is 0 Å². The van der Waals surface area contributed by atoms with Gasteiger partial charge in [0.1, 0.15) is 0 Å². The number of rotatable bonds is 1. The zero-order valence-corrected chi connectivity index (χ0v) is 11.7. The van der Waals surface area contributed by atoms with E-state index in [4.69, 9.17) is 4.74 Å². The lowest BCUT2D eigenvalue weighted by molar-refractivity contribution is 0.0651. The molecule has 1 N–H and O–H groups in total. The third-order valence-electron chi connectivity index (χ3n) is 3.64. The molecule has 1 aromatic rings.